The Bertz CT molecular complexity index is 1910. The number of alkyl halides is 3. The fraction of sp³-hybridized carbons (Fsp3) is 0.364. The SMILES string of the molecule is C=C(F)C(=O)N1CCN(c2nc(OC[C@@H]3CCCN3C)nc3cc(-c4cccc5cccc(Cl)c45)c(C(F)(F)F)nc23)C[C@@H]1CC#N. The van der Waals surface area contributed by atoms with Crippen molar-refractivity contribution >= 4 is 45.1 Å². The number of likely N-dealkylation sites (tertiary alicyclic amines) is 1. The molecule has 0 bridgehead atoms. The molecule has 2 aliphatic rings. The number of carbonyl (C=O) groups is 1. The molecule has 4 aromatic rings. The molecular formula is C33H30ClF4N7O2. The molecular weight excluding hydrogens is 638 g/mol. The third-order valence-corrected chi connectivity index (χ3v) is 9.04. The van der Waals surface area contributed by atoms with Crippen molar-refractivity contribution in [3.63, 3.8) is 0 Å². The van der Waals surface area contributed by atoms with Gasteiger partial charge in [-0.2, -0.15) is 28.4 Å². The Hall–Kier alpha value is -4.54. The van der Waals surface area contributed by atoms with Gasteiger partial charge in [0.05, 0.1) is 24.0 Å². The third kappa shape index (κ3) is 6.40. The van der Waals surface area contributed by atoms with Gasteiger partial charge in [-0.3, -0.25) is 4.79 Å². The minimum atomic E-state index is -4.87. The molecule has 0 N–H and O–H groups in total. The number of fused-ring (bicyclic) bond motifs is 2. The number of nitriles is 1. The van der Waals surface area contributed by atoms with Crippen LogP contribution >= 0.6 is 11.6 Å². The van der Waals surface area contributed by atoms with Crippen molar-refractivity contribution in [2.45, 2.75) is 37.5 Å². The molecule has 2 fully saturated rings. The number of carbonyl (C=O) groups excluding carboxylic acids is 1. The lowest BCUT2D eigenvalue weighted by molar-refractivity contribution is -0.140. The summed E-state index contributed by atoms with van der Waals surface area (Å²) in [4.78, 5) is 30.7. The number of hydrogen-bond acceptors (Lipinski definition) is 8. The maximum absolute atomic E-state index is 14.8. The molecule has 0 saturated carbocycles. The zero-order valence-corrected chi connectivity index (χ0v) is 26.2. The number of aromatic nitrogens is 3. The Kier molecular flexibility index (Phi) is 8.91. The van der Waals surface area contributed by atoms with Gasteiger partial charge >= 0.3 is 12.2 Å². The molecule has 2 aromatic heterocycles. The van der Waals surface area contributed by atoms with Crippen LogP contribution in [0, 0.1) is 11.3 Å². The summed E-state index contributed by atoms with van der Waals surface area (Å²) in [5.41, 5.74) is -1.17. The fourth-order valence-electron chi connectivity index (χ4n) is 6.36. The number of likely N-dealkylation sites (N-methyl/N-ethyl adjacent to an activating group) is 1. The van der Waals surface area contributed by atoms with Gasteiger partial charge in [0.15, 0.2) is 17.3 Å². The zero-order valence-electron chi connectivity index (χ0n) is 25.4. The minimum Gasteiger partial charge on any atom is -0.462 e. The van der Waals surface area contributed by atoms with Gasteiger partial charge in [-0.15, -0.1) is 0 Å². The Morgan fingerprint density at radius 3 is 2.55 bits per heavy atom. The van der Waals surface area contributed by atoms with E-state index in [-0.39, 0.29) is 77.7 Å². The second-order valence-electron chi connectivity index (χ2n) is 11.7. The van der Waals surface area contributed by atoms with Crippen molar-refractivity contribution < 1.29 is 27.1 Å². The Labute approximate surface area is 273 Å². The highest BCUT2D eigenvalue weighted by atomic mass is 35.5. The Balaban J connectivity index is 1.52. The van der Waals surface area contributed by atoms with Crippen LogP contribution in [0.3, 0.4) is 0 Å². The highest BCUT2D eigenvalue weighted by Gasteiger charge is 2.39. The number of rotatable bonds is 7. The third-order valence-electron chi connectivity index (χ3n) is 8.72. The molecule has 0 unspecified atom stereocenters. The van der Waals surface area contributed by atoms with E-state index in [1.54, 1.807) is 41.3 Å². The van der Waals surface area contributed by atoms with Crippen LogP contribution in [-0.2, 0) is 11.0 Å². The number of anilines is 1. The lowest BCUT2D eigenvalue weighted by Crippen LogP contribution is -2.55. The van der Waals surface area contributed by atoms with E-state index in [1.807, 2.05) is 13.1 Å². The summed E-state index contributed by atoms with van der Waals surface area (Å²) in [5.74, 6) is -2.07. The second kappa shape index (κ2) is 12.9. The van der Waals surface area contributed by atoms with Crippen LogP contribution in [0.1, 0.15) is 25.0 Å². The topological polar surface area (TPSA) is 98.5 Å². The van der Waals surface area contributed by atoms with Crippen LogP contribution < -0.4 is 9.64 Å². The molecule has 2 saturated heterocycles. The highest BCUT2D eigenvalue weighted by Crippen LogP contribution is 2.43. The normalized spacial score (nSPS) is 18.9. The molecule has 47 heavy (non-hydrogen) atoms. The van der Waals surface area contributed by atoms with Crippen LogP contribution in [0.15, 0.2) is 54.9 Å². The number of halogens is 5. The largest absolute Gasteiger partial charge is 0.462 e. The van der Waals surface area contributed by atoms with Gasteiger partial charge < -0.3 is 19.4 Å². The summed E-state index contributed by atoms with van der Waals surface area (Å²) in [6.45, 7) is 4.28. The number of piperazine rings is 1. The predicted octanol–water partition coefficient (Wildman–Crippen LogP) is 6.40. The molecule has 2 atom stereocenters. The monoisotopic (exact) mass is 667 g/mol. The maximum atomic E-state index is 14.8. The second-order valence-corrected chi connectivity index (χ2v) is 12.1. The van der Waals surface area contributed by atoms with E-state index in [1.165, 1.54) is 11.0 Å². The van der Waals surface area contributed by atoms with E-state index >= 15 is 0 Å². The van der Waals surface area contributed by atoms with Crippen molar-refractivity contribution in [3.8, 4) is 23.2 Å². The quantitative estimate of drug-likeness (QED) is 0.165. The summed E-state index contributed by atoms with van der Waals surface area (Å²) in [6.07, 6.45) is -3.11. The molecule has 0 spiro atoms. The van der Waals surface area contributed by atoms with E-state index in [4.69, 9.17) is 16.3 Å². The van der Waals surface area contributed by atoms with Gasteiger partial charge in [-0.25, -0.2) is 9.37 Å². The molecule has 2 aliphatic heterocycles. The number of pyridine rings is 1. The summed E-state index contributed by atoms with van der Waals surface area (Å²) in [7, 11) is 1.99. The number of amides is 1. The van der Waals surface area contributed by atoms with Crippen molar-refractivity contribution in [2.24, 2.45) is 0 Å². The first-order valence-electron chi connectivity index (χ1n) is 15.0. The standard InChI is InChI=1S/C33H30ClF4N7O2/c1-19(35)31(46)45-15-14-44(17-21(45)11-12-39)30-28-26(40-32(42-30)47-18-22-8-5-13-43(22)2)16-24(29(41-28)33(36,37)38)23-9-3-6-20-7-4-10-25(34)27(20)23/h3-4,6-7,9-10,16,21-22H,1,5,8,11,13-15,17-18H2,2H3/t21-,22-/m0/s1. The Morgan fingerprint density at radius 2 is 1.87 bits per heavy atom. The van der Waals surface area contributed by atoms with Crippen molar-refractivity contribution in [2.75, 3.05) is 44.7 Å². The highest BCUT2D eigenvalue weighted by molar-refractivity contribution is 6.36. The van der Waals surface area contributed by atoms with Gasteiger partial charge in [0.25, 0.3) is 5.91 Å². The number of ether oxygens (including phenoxy) is 1. The van der Waals surface area contributed by atoms with Gasteiger partial charge in [0.1, 0.15) is 12.1 Å². The molecule has 0 radical (unpaired) electrons. The van der Waals surface area contributed by atoms with Gasteiger partial charge in [0, 0.05) is 41.6 Å². The molecule has 9 nitrogen and oxygen atoms in total. The first kappa shape index (κ1) is 32.4. The van der Waals surface area contributed by atoms with E-state index in [2.05, 4.69) is 26.4 Å². The van der Waals surface area contributed by atoms with Gasteiger partial charge in [0.2, 0.25) is 0 Å². The summed E-state index contributed by atoms with van der Waals surface area (Å²) >= 11 is 6.52. The minimum absolute atomic E-state index is 0.0206. The van der Waals surface area contributed by atoms with Crippen LogP contribution in [0.2, 0.25) is 5.02 Å². The van der Waals surface area contributed by atoms with Gasteiger partial charge in [-0.1, -0.05) is 48.5 Å². The van der Waals surface area contributed by atoms with Crippen molar-refractivity contribution in [1.29, 1.82) is 5.26 Å². The summed E-state index contributed by atoms with van der Waals surface area (Å²) in [5, 5.41) is 10.8. The number of nitrogens with zero attached hydrogens (tertiary/aromatic N) is 7. The van der Waals surface area contributed by atoms with E-state index in [9.17, 15) is 27.6 Å². The first-order chi connectivity index (χ1) is 22.5. The average Bonchev–Trinajstić information content (AvgIpc) is 3.46. The van der Waals surface area contributed by atoms with Crippen molar-refractivity contribution in [3.05, 3.63) is 65.6 Å². The van der Waals surface area contributed by atoms with Crippen molar-refractivity contribution in [1.82, 2.24) is 24.8 Å². The molecule has 0 aliphatic carbocycles. The van der Waals surface area contributed by atoms with Crippen LogP contribution in [0.5, 0.6) is 6.01 Å². The molecule has 1 amide bonds. The maximum Gasteiger partial charge on any atom is 0.433 e. The molecule has 14 heteroatoms. The smallest absolute Gasteiger partial charge is 0.433 e. The summed E-state index contributed by atoms with van der Waals surface area (Å²) in [6, 6.07) is 12.7. The zero-order chi connectivity index (χ0) is 33.5. The van der Waals surface area contributed by atoms with E-state index in [0.717, 1.165) is 19.4 Å². The Morgan fingerprint density at radius 1 is 1.11 bits per heavy atom. The molecule has 244 valence electrons. The molecule has 4 heterocycles. The molecule has 6 rings (SSSR count). The number of benzene rings is 2. The fourth-order valence-corrected chi connectivity index (χ4v) is 6.65. The van der Waals surface area contributed by atoms with Crippen LogP contribution in [0.25, 0.3) is 32.9 Å². The van der Waals surface area contributed by atoms with E-state index in [0.29, 0.717) is 10.8 Å². The lowest BCUT2D eigenvalue weighted by Gasteiger charge is -2.41. The predicted molar refractivity (Wildman–Crippen MR) is 170 cm³/mol. The average molecular weight is 668 g/mol. The van der Waals surface area contributed by atoms with Gasteiger partial charge in [-0.05, 0) is 49.5 Å². The first-order valence-corrected chi connectivity index (χ1v) is 15.4. The van der Waals surface area contributed by atoms with Crippen LogP contribution in [-0.4, -0.2) is 82.6 Å². The summed E-state index contributed by atoms with van der Waals surface area (Å²) < 4.78 is 64.3. The lowest BCUT2D eigenvalue weighted by atomic mass is 9.96. The van der Waals surface area contributed by atoms with E-state index < -0.39 is 29.6 Å². The molecule has 2 aromatic carbocycles. The number of hydrogen-bond donors (Lipinski definition) is 0. The van der Waals surface area contributed by atoms with Crippen LogP contribution in [0.4, 0.5) is 23.4 Å².